The molecule has 0 heterocycles. The summed E-state index contributed by atoms with van der Waals surface area (Å²) in [5, 5.41) is 12.6. The third-order valence-corrected chi connectivity index (χ3v) is 5.07. The molecule has 2 N–H and O–H groups in total. The number of rotatable bonds is 8. The summed E-state index contributed by atoms with van der Waals surface area (Å²) < 4.78 is 0. The molecule has 3 heteroatoms. The van der Waals surface area contributed by atoms with E-state index in [9.17, 15) is 5.11 Å². The molecule has 0 spiro atoms. The molecule has 0 amide bonds. The molecule has 0 aliphatic heterocycles. The van der Waals surface area contributed by atoms with Crippen molar-refractivity contribution in [2.75, 3.05) is 27.2 Å². The Morgan fingerprint density at radius 1 is 1.26 bits per heavy atom. The van der Waals surface area contributed by atoms with Gasteiger partial charge >= 0.3 is 0 Å². The van der Waals surface area contributed by atoms with Crippen LogP contribution in [0.25, 0.3) is 0 Å². The lowest BCUT2D eigenvalue weighted by Gasteiger charge is -2.36. The predicted octanol–water partition coefficient (Wildman–Crippen LogP) is 2.64. The Bertz CT molecular complexity index is 241. The Hall–Kier alpha value is -0.120. The predicted molar refractivity (Wildman–Crippen MR) is 82.5 cm³/mol. The molecule has 0 saturated heterocycles. The quantitative estimate of drug-likeness (QED) is 0.666. The summed E-state index contributed by atoms with van der Waals surface area (Å²) in [6, 6.07) is 0.794. The lowest BCUT2D eigenvalue weighted by molar-refractivity contribution is 0.133. The van der Waals surface area contributed by atoms with Crippen molar-refractivity contribution in [3.8, 4) is 0 Å². The van der Waals surface area contributed by atoms with E-state index in [2.05, 4.69) is 31.1 Å². The van der Waals surface area contributed by atoms with E-state index >= 15 is 0 Å². The van der Waals surface area contributed by atoms with E-state index in [1.165, 1.54) is 45.1 Å². The van der Waals surface area contributed by atoms with Crippen molar-refractivity contribution in [1.29, 1.82) is 0 Å². The number of hydrogen-bond acceptors (Lipinski definition) is 3. The highest BCUT2D eigenvalue weighted by Gasteiger charge is 2.25. The van der Waals surface area contributed by atoms with Gasteiger partial charge in [-0.05, 0) is 59.2 Å². The lowest BCUT2D eigenvalue weighted by atomic mass is 9.85. The first-order valence-corrected chi connectivity index (χ1v) is 8.02. The second-order valence-electron chi connectivity index (χ2n) is 6.74. The fraction of sp³-hybridized carbons (Fsp3) is 1.00. The van der Waals surface area contributed by atoms with Gasteiger partial charge in [-0.1, -0.05) is 26.2 Å². The van der Waals surface area contributed by atoms with Crippen LogP contribution in [0.4, 0.5) is 0 Å². The van der Waals surface area contributed by atoms with E-state index in [0.29, 0.717) is 0 Å². The Labute approximate surface area is 119 Å². The Morgan fingerprint density at radius 2 is 1.95 bits per heavy atom. The van der Waals surface area contributed by atoms with Crippen LogP contribution >= 0.6 is 0 Å². The molecule has 1 saturated carbocycles. The molecule has 0 aromatic rings. The standard InChI is InChI=1S/C16H34N2O/c1-14-9-5-6-10-15(14)18(4)12-8-7-11-16(2,13-19)17-3/h14-15,17,19H,5-13H2,1-4H3. The third-order valence-electron chi connectivity index (χ3n) is 5.07. The zero-order chi connectivity index (χ0) is 14.3. The molecule has 0 aromatic heterocycles. The summed E-state index contributed by atoms with van der Waals surface area (Å²) in [6.45, 7) is 5.92. The fourth-order valence-corrected chi connectivity index (χ4v) is 3.28. The van der Waals surface area contributed by atoms with E-state index in [0.717, 1.165) is 18.4 Å². The number of nitrogens with zero attached hydrogens (tertiary/aromatic N) is 1. The smallest absolute Gasteiger partial charge is 0.0610 e. The summed E-state index contributed by atoms with van der Waals surface area (Å²) in [4.78, 5) is 2.57. The van der Waals surface area contributed by atoms with E-state index in [1.807, 2.05) is 7.05 Å². The average molecular weight is 270 g/mol. The Morgan fingerprint density at radius 3 is 2.53 bits per heavy atom. The van der Waals surface area contributed by atoms with Crippen molar-refractivity contribution in [1.82, 2.24) is 10.2 Å². The highest BCUT2D eigenvalue weighted by Crippen LogP contribution is 2.27. The number of aliphatic hydroxyl groups is 1. The number of unbranched alkanes of at least 4 members (excludes halogenated alkanes) is 1. The molecule has 0 aromatic carbocycles. The van der Waals surface area contributed by atoms with Gasteiger partial charge in [-0.3, -0.25) is 0 Å². The van der Waals surface area contributed by atoms with E-state index in [-0.39, 0.29) is 12.1 Å². The van der Waals surface area contributed by atoms with Crippen LogP contribution in [0.5, 0.6) is 0 Å². The molecule has 3 nitrogen and oxygen atoms in total. The van der Waals surface area contributed by atoms with E-state index < -0.39 is 0 Å². The second-order valence-corrected chi connectivity index (χ2v) is 6.74. The van der Waals surface area contributed by atoms with Crippen molar-refractivity contribution in [2.24, 2.45) is 5.92 Å². The highest BCUT2D eigenvalue weighted by atomic mass is 16.3. The molecular formula is C16H34N2O. The van der Waals surface area contributed by atoms with Gasteiger partial charge in [0.1, 0.15) is 0 Å². The molecular weight excluding hydrogens is 236 g/mol. The molecule has 1 fully saturated rings. The zero-order valence-electron chi connectivity index (χ0n) is 13.4. The normalized spacial score (nSPS) is 27.5. The molecule has 114 valence electrons. The van der Waals surface area contributed by atoms with Gasteiger partial charge in [0.15, 0.2) is 0 Å². The summed E-state index contributed by atoms with van der Waals surface area (Å²) in [7, 11) is 4.22. The van der Waals surface area contributed by atoms with E-state index in [4.69, 9.17) is 0 Å². The first-order valence-electron chi connectivity index (χ1n) is 8.02. The van der Waals surface area contributed by atoms with Crippen molar-refractivity contribution in [3.05, 3.63) is 0 Å². The molecule has 19 heavy (non-hydrogen) atoms. The molecule has 1 rings (SSSR count). The van der Waals surface area contributed by atoms with Crippen LogP contribution in [0.3, 0.4) is 0 Å². The van der Waals surface area contributed by atoms with Crippen LogP contribution in [0.15, 0.2) is 0 Å². The summed E-state index contributed by atoms with van der Waals surface area (Å²) in [5.41, 5.74) is -0.100. The first kappa shape index (κ1) is 16.9. The van der Waals surface area contributed by atoms with Crippen LogP contribution in [0, 0.1) is 5.92 Å². The van der Waals surface area contributed by atoms with E-state index in [1.54, 1.807) is 0 Å². The van der Waals surface area contributed by atoms with Crippen LogP contribution in [-0.4, -0.2) is 48.8 Å². The van der Waals surface area contributed by atoms with Gasteiger partial charge in [0.25, 0.3) is 0 Å². The first-order chi connectivity index (χ1) is 9.02. The molecule has 3 unspecified atom stereocenters. The van der Waals surface area contributed by atoms with Crippen molar-refractivity contribution >= 4 is 0 Å². The van der Waals surface area contributed by atoms with Crippen molar-refractivity contribution < 1.29 is 5.11 Å². The average Bonchev–Trinajstić information content (AvgIpc) is 2.43. The molecule has 3 atom stereocenters. The minimum atomic E-state index is -0.100. The minimum Gasteiger partial charge on any atom is -0.394 e. The van der Waals surface area contributed by atoms with Crippen LogP contribution in [0.1, 0.15) is 58.8 Å². The van der Waals surface area contributed by atoms with Gasteiger partial charge in [-0.15, -0.1) is 0 Å². The monoisotopic (exact) mass is 270 g/mol. The molecule has 0 bridgehead atoms. The second kappa shape index (κ2) is 8.23. The highest BCUT2D eigenvalue weighted by molar-refractivity contribution is 4.81. The minimum absolute atomic E-state index is 0.100. The SMILES string of the molecule is CNC(C)(CO)CCCCN(C)C1CCCCC1C. The van der Waals surface area contributed by atoms with Gasteiger partial charge in [0.2, 0.25) is 0 Å². The molecule has 1 aliphatic carbocycles. The number of nitrogens with one attached hydrogen (secondary N) is 1. The molecule has 1 aliphatic rings. The van der Waals surface area contributed by atoms with Crippen molar-refractivity contribution in [3.63, 3.8) is 0 Å². The summed E-state index contributed by atoms with van der Waals surface area (Å²) in [6.07, 6.45) is 9.07. The summed E-state index contributed by atoms with van der Waals surface area (Å²) in [5.74, 6) is 0.860. The number of likely N-dealkylation sites (N-methyl/N-ethyl adjacent to an activating group) is 1. The summed E-state index contributed by atoms with van der Waals surface area (Å²) >= 11 is 0. The molecule has 0 radical (unpaired) electrons. The Balaban J connectivity index is 2.21. The zero-order valence-corrected chi connectivity index (χ0v) is 13.4. The van der Waals surface area contributed by atoms with Gasteiger partial charge < -0.3 is 15.3 Å². The van der Waals surface area contributed by atoms with Gasteiger partial charge in [0, 0.05) is 11.6 Å². The van der Waals surface area contributed by atoms with Crippen LogP contribution in [0.2, 0.25) is 0 Å². The Kier molecular flexibility index (Phi) is 7.33. The lowest BCUT2D eigenvalue weighted by Crippen LogP contribution is -2.43. The maximum absolute atomic E-state index is 9.36. The third kappa shape index (κ3) is 5.41. The number of aliphatic hydroxyl groups excluding tert-OH is 1. The van der Waals surface area contributed by atoms with Crippen LogP contribution in [-0.2, 0) is 0 Å². The largest absolute Gasteiger partial charge is 0.394 e. The fourth-order valence-electron chi connectivity index (χ4n) is 3.28. The maximum atomic E-state index is 9.36. The number of hydrogen-bond donors (Lipinski definition) is 2. The van der Waals surface area contributed by atoms with Gasteiger partial charge in [0.05, 0.1) is 6.61 Å². The maximum Gasteiger partial charge on any atom is 0.0610 e. The van der Waals surface area contributed by atoms with Crippen molar-refractivity contribution in [2.45, 2.75) is 70.4 Å². The van der Waals surface area contributed by atoms with Gasteiger partial charge in [-0.2, -0.15) is 0 Å². The van der Waals surface area contributed by atoms with Crippen LogP contribution < -0.4 is 5.32 Å². The topological polar surface area (TPSA) is 35.5 Å². The van der Waals surface area contributed by atoms with Gasteiger partial charge in [-0.25, -0.2) is 0 Å².